The Bertz CT molecular complexity index is 429. The van der Waals surface area contributed by atoms with Crippen LogP contribution in [0.15, 0.2) is 4.52 Å². The maximum absolute atomic E-state index is 6.01. The molecule has 106 valence electrons. The van der Waals surface area contributed by atoms with Gasteiger partial charge in [0, 0.05) is 24.3 Å². The first-order valence-electron chi connectivity index (χ1n) is 6.99. The molecule has 0 aliphatic carbocycles. The molecule has 1 N–H and O–H groups in total. The van der Waals surface area contributed by atoms with Crippen LogP contribution in [0.1, 0.15) is 44.9 Å². The second-order valence-corrected chi connectivity index (χ2v) is 6.89. The largest absolute Gasteiger partial charge is 0.374 e. The Hall–Kier alpha value is -0.750. The van der Waals surface area contributed by atoms with Gasteiger partial charge in [-0.15, -0.1) is 0 Å². The highest BCUT2D eigenvalue weighted by Crippen LogP contribution is 2.38. The molecule has 6 heteroatoms. The summed E-state index contributed by atoms with van der Waals surface area (Å²) in [6.07, 6.45) is 3.21. The number of thioether (sulfide) groups is 1. The fraction of sp³-hybridized carbons (Fsp3) is 0.846. The van der Waals surface area contributed by atoms with Crippen molar-refractivity contribution in [1.82, 2.24) is 10.1 Å². The second-order valence-electron chi connectivity index (χ2n) is 5.78. The summed E-state index contributed by atoms with van der Waals surface area (Å²) in [4.78, 5) is 4.38. The predicted octanol–water partition coefficient (Wildman–Crippen LogP) is 2.66. The van der Waals surface area contributed by atoms with Crippen molar-refractivity contribution < 1.29 is 9.26 Å². The van der Waals surface area contributed by atoms with Gasteiger partial charge in [0.25, 0.3) is 0 Å². The predicted molar refractivity (Wildman–Crippen MR) is 75.7 cm³/mol. The molecule has 2 atom stereocenters. The van der Waals surface area contributed by atoms with E-state index in [2.05, 4.69) is 29.3 Å². The summed E-state index contributed by atoms with van der Waals surface area (Å²) < 4.78 is 11.3. The van der Waals surface area contributed by atoms with E-state index in [4.69, 9.17) is 9.26 Å². The Morgan fingerprint density at radius 3 is 3.05 bits per heavy atom. The van der Waals surface area contributed by atoms with Crippen LogP contribution in [0.4, 0.5) is 6.01 Å². The zero-order chi connectivity index (χ0) is 13.3. The number of nitrogens with one attached hydrogen (secondary N) is 1. The molecule has 0 radical (unpaired) electrons. The summed E-state index contributed by atoms with van der Waals surface area (Å²) in [7, 11) is 0. The van der Waals surface area contributed by atoms with E-state index in [0.29, 0.717) is 18.0 Å². The molecule has 0 bridgehead atoms. The van der Waals surface area contributed by atoms with E-state index in [1.54, 1.807) is 0 Å². The fourth-order valence-electron chi connectivity index (χ4n) is 2.72. The van der Waals surface area contributed by atoms with Gasteiger partial charge in [0.1, 0.15) is 0 Å². The Labute approximate surface area is 117 Å². The highest BCUT2D eigenvalue weighted by atomic mass is 32.2. The first-order chi connectivity index (χ1) is 9.17. The molecule has 2 saturated heterocycles. The van der Waals surface area contributed by atoms with Gasteiger partial charge in [-0.3, -0.25) is 0 Å². The first-order valence-corrected chi connectivity index (χ1v) is 8.14. The number of ether oxygens (including phenoxy) is 1. The molecule has 0 amide bonds. The highest BCUT2D eigenvalue weighted by molar-refractivity contribution is 7.99. The molecule has 1 spiro atoms. The third-order valence-electron chi connectivity index (χ3n) is 3.85. The molecule has 3 rings (SSSR count). The minimum absolute atomic E-state index is 0.0848. The molecule has 1 aromatic rings. The zero-order valence-corrected chi connectivity index (χ0v) is 12.3. The van der Waals surface area contributed by atoms with E-state index in [-0.39, 0.29) is 5.60 Å². The molecule has 2 aliphatic rings. The number of anilines is 1. The monoisotopic (exact) mass is 283 g/mol. The zero-order valence-electron chi connectivity index (χ0n) is 11.5. The van der Waals surface area contributed by atoms with Crippen molar-refractivity contribution in [2.24, 2.45) is 0 Å². The Morgan fingerprint density at radius 2 is 2.37 bits per heavy atom. The van der Waals surface area contributed by atoms with E-state index in [9.17, 15) is 0 Å². The molecule has 3 heterocycles. The van der Waals surface area contributed by atoms with Gasteiger partial charge in [-0.05, 0) is 25.0 Å². The first kappa shape index (κ1) is 13.2. The van der Waals surface area contributed by atoms with Crippen molar-refractivity contribution in [3.63, 3.8) is 0 Å². The molecule has 19 heavy (non-hydrogen) atoms. The van der Waals surface area contributed by atoms with Crippen LogP contribution >= 0.6 is 11.8 Å². The highest BCUT2D eigenvalue weighted by Gasteiger charge is 2.40. The molecule has 0 saturated carbocycles. The van der Waals surface area contributed by atoms with Gasteiger partial charge in [0.15, 0.2) is 5.82 Å². The number of nitrogens with zero attached hydrogens (tertiary/aromatic N) is 2. The summed E-state index contributed by atoms with van der Waals surface area (Å²) in [5.41, 5.74) is 0.0848. The molecular weight excluding hydrogens is 262 g/mol. The molecule has 1 aromatic heterocycles. The smallest absolute Gasteiger partial charge is 0.321 e. The van der Waals surface area contributed by atoms with Crippen molar-refractivity contribution in [3.8, 4) is 0 Å². The Morgan fingerprint density at radius 1 is 1.47 bits per heavy atom. The third kappa shape index (κ3) is 2.89. The Kier molecular flexibility index (Phi) is 3.71. The van der Waals surface area contributed by atoms with Gasteiger partial charge in [-0.25, -0.2) is 0 Å². The van der Waals surface area contributed by atoms with Gasteiger partial charge >= 0.3 is 6.01 Å². The van der Waals surface area contributed by atoms with Gasteiger partial charge in [-0.2, -0.15) is 16.7 Å². The van der Waals surface area contributed by atoms with Gasteiger partial charge in [0.05, 0.1) is 5.60 Å². The molecule has 0 aromatic carbocycles. The van der Waals surface area contributed by atoms with Crippen molar-refractivity contribution in [1.29, 1.82) is 0 Å². The summed E-state index contributed by atoms with van der Waals surface area (Å²) >= 11 is 1.99. The Balaban J connectivity index is 1.62. The van der Waals surface area contributed by atoms with E-state index >= 15 is 0 Å². The maximum atomic E-state index is 6.01. The van der Waals surface area contributed by atoms with Crippen LogP contribution in [0.2, 0.25) is 0 Å². The van der Waals surface area contributed by atoms with Crippen LogP contribution in [0, 0.1) is 0 Å². The lowest BCUT2D eigenvalue weighted by atomic mass is 9.90. The molecule has 0 unspecified atom stereocenters. The van der Waals surface area contributed by atoms with Crippen LogP contribution in [0.25, 0.3) is 0 Å². The standard InChI is InChI=1S/C13H21N3O2S/c1-9(2)11-15-12(18-16-11)14-10-3-5-17-13(7-10)4-6-19-8-13/h9-10H,3-8H2,1-2H3,(H,14,15,16)/t10-,13+/m1/s1. The van der Waals surface area contributed by atoms with Crippen LogP contribution in [-0.4, -0.2) is 39.9 Å². The van der Waals surface area contributed by atoms with Crippen LogP contribution < -0.4 is 5.32 Å². The SMILES string of the molecule is CC(C)c1noc(N[C@@H]2CCO[C@@]3(CCSC3)C2)n1. The maximum Gasteiger partial charge on any atom is 0.321 e. The quantitative estimate of drug-likeness (QED) is 0.920. The summed E-state index contributed by atoms with van der Waals surface area (Å²) in [6, 6.07) is 0.935. The number of hydrogen-bond acceptors (Lipinski definition) is 6. The molecule has 2 fully saturated rings. The fourth-order valence-corrected chi connectivity index (χ4v) is 4.10. The van der Waals surface area contributed by atoms with Crippen LogP contribution in [0.5, 0.6) is 0 Å². The lowest BCUT2D eigenvalue weighted by molar-refractivity contribution is -0.0630. The van der Waals surface area contributed by atoms with Gasteiger partial charge in [0.2, 0.25) is 0 Å². The summed E-state index contributed by atoms with van der Waals surface area (Å²) in [5, 5.41) is 7.36. The van der Waals surface area contributed by atoms with Crippen LogP contribution in [0.3, 0.4) is 0 Å². The summed E-state index contributed by atoms with van der Waals surface area (Å²) in [6.45, 7) is 4.95. The lowest BCUT2D eigenvalue weighted by Gasteiger charge is -2.37. The molecule has 2 aliphatic heterocycles. The topological polar surface area (TPSA) is 60.2 Å². The number of rotatable bonds is 3. The van der Waals surface area contributed by atoms with E-state index in [1.807, 2.05) is 11.8 Å². The van der Waals surface area contributed by atoms with E-state index < -0.39 is 0 Å². The van der Waals surface area contributed by atoms with E-state index in [1.165, 1.54) is 5.75 Å². The lowest BCUT2D eigenvalue weighted by Crippen LogP contribution is -2.44. The number of hydrogen-bond donors (Lipinski definition) is 1. The summed E-state index contributed by atoms with van der Waals surface area (Å²) in [5.74, 6) is 3.39. The van der Waals surface area contributed by atoms with Gasteiger partial charge < -0.3 is 14.6 Å². The number of aromatic nitrogens is 2. The van der Waals surface area contributed by atoms with Crippen LogP contribution in [-0.2, 0) is 4.74 Å². The minimum atomic E-state index is 0.0848. The molecular formula is C13H21N3O2S. The average Bonchev–Trinajstić information content (AvgIpc) is 3.00. The average molecular weight is 283 g/mol. The second kappa shape index (κ2) is 5.32. The third-order valence-corrected chi connectivity index (χ3v) is 5.07. The van der Waals surface area contributed by atoms with Crippen molar-refractivity contribution in [3.05, 3.63) is 5.82 Å². The van der Waals surface area contributed by atoms with Crippen molar-refractivity contribution in [2.75, 3.05) is 23.4 Å². The van der Waals surface area contributed by atoms with E-state index in [0.717, 1.165) is 37.4 Å². The normalized spacial score (nSPS) is 31.2. The molecule has 5 nitrogen and oxygen atoms in total. The minimum Gasteiger partial charge on any atom is -0.374 e. The van der Waals surface area contributed by atoms with Gasteiger partial charge in [-0.1, -0.05) is 19.0 Å². The van der Waals surface area contributed by atoms with Crippen molar-refractivity contribution >= 4 is 17.8 Å². The van der Waals surface area contributed by atoms with Crippen molar-refractivity contribution in [2.45, 2.75) is 50.7 Å².